The summed E-state index contributed by atoms with van der Waals surface area (Å²) in [4.78, 5) is 11.3. The van der Waals surface area contributed by atoms with Crippen molar-refractivity contribution >= 4 is 11.9 Å². The minimum absolute atomic E-state index is 0.0160. The third kappa shape index (κ3) is 2.69. The summed E-state index contributed by atoms with van der Waals surface area (Å²) in [6.07, 6.45) is 1.39. The molecule has 0 aliphatic carbocycles. The minimum Gasteiger partial charge on any atom is -0.447 e. The molecule has 7 nitrogen and oxygen atoms in total. The number of aromatic nitrogens is 2. The molecule has 1 atom stereocenters. The molecule has 0 bridgehead atoms. The molecule has 1 aromatic heterocycles. The standard InChI is InChI=1S/C9H13N3O4/c1-6-8(12-16-11-6)10-9(13)15-5-7-3-2-4-14-7/h7H,2-5H2,1H3,(H,10,12,13). The second-order valence-corrected chi connectivity index (χ2v) is 3.56. The average Bonchev–Trinajstić information content (AvgIpc) is 2.88. The number of carbonyl (C=O) groups is 1. The summed E-state index contributed by atoms with van der Waals surface area (Å²) < 4.78 is 14.7. The lowest BCUT2D eigenvalue weighted by molar-refractivity contribution is 0.0484. The van der Waals surface area contributed by atoms with Gasteiger partial charge in [0.05, 0.1) is 6.10 Å². The molecule has 88 valence electrons. The number of nitrogens with one attached hydrogen (secondary N) is 1. The molecule has 1 aliphatic heterocycles. The fourth-order valence-corrected chi connectivity index (χ4v) is 1.42. The van der Waals surface area contributed by atoms with Gasteiger partial charge in [-0.3, -0.25) is 5.32 Å². The summed E-state index contributed by atoms with van der Waals surface area (Å²) in [5, 5.41) is 9.46. The Morgan fingerprint density at radius 2 is 2.50 bits per heavy atom. The van der Waals surface area contributed by atoms with Crippen LogP contribution < -0.4 is 5.32 Å². The zero-order valence-electron chi connectivity index (χ0n) is 8.93. The fraction of sp³-hybridized carbons (Fsp3) is 0.667. The van der Waals surface area contributed by atoms with E-state index in [2.05, 4.69) is 20.3 Å². The van der Waals surface area contributed by atoms with Crippen LogP contribution in [0.15, 0.2) is 4.63 Å². The van der Waals surface area contributed by atoms with Crippen LogP contribution in [0.1, 0.15) is 18.5 Å². The topological polar surface area (TPSA) is 86.5 Å². The van der Waals surface area contributed by atoms with E-state index in [1.165, 1.54) is 0 Å². The summed E-state index contributed by atoms with van der Waals surface area (Å²) in [7, 11) is 0. The van der Waals surface area contributed by atoms with E-state index in [1.807, 2.05) is 0 Å². The van der Waals surface area contributed by atoms with Gasteiger partial charge in [0.15, 0.2) is 0 Å². The minimum atomic E-state index is -0.575. The number of anilines is 1. The number of aryl methyl sites for hydroxylation is 1. The quantitative estimate of drug-likeness (QED) is 0.832. The van der Waals surface area contributed by atoms with Crippen LogP contribution in [0.25, 0.3) is 0 Å². The van der Waals surface area contributed by atoms with Gasteiger partial charge < -0.3 is 9.47 Å². The molecule has 1 unspecified atom stereocenters. The molecule has 16 heavy (non-hydrogen) atoms. The van der Waals surface area contributed by atoms with Gasteiger partial charge in [0.2, 0.25) is 5.82 Å². The Morgan fingerprint density at radius 1 is 1.62 bits per heavy atom. The monoisotopic (exact) mass is 227 g/mol. The van der Waals surface area contributed by atoms with Crippen LogP contribution in [0.4, 0.5) is 10.6 Å². The lowest BCUT2D eigenvalue weighted by atomic mass is 10.2. The predicted molar refractivity (Wildman–Crippen MR) is 53.0 cm³/mol. The highest BCUT2D eigenvalue weighted by Crippen LogP contribution is 2.12. The van der Waals surface area contributed by atoms with Crippen LogP contribution in [0.5, 0.6) is 0 Å². The van der Waals surface area contributed by atoms with Gasteiger partial charge in [0.25, 0.3) is 0 Å². The van der Waals surface area contributed by atoms with Gasteiger partial charge in [-0.1, -0.05) is 5.16 Å². The van der Waals surface area contributed by atoms with Gasteiger partial charge in [-0.05, 0) is 24.9 Å². The summed E-state index contributed by atoms with van der Waals surface area (Å²) in [5.74, 6) is 0.275. The molecule has 1 amide bonds. The van der Waals surface area contributed by atoms with Gasteiger partial charge in [-0.15, -0.1) is 0 Å². The number of nitrogens with zero attached hydrogens (tertiary/aromatic N) is 2. The summed E-state index contributed by atoms with van der Waals surface area (Å²) in [6, 6.07) is 0. The van der Waals surface area contributed by atoms with Crippen molar-refractivity contribution in [3.63, 3.8) is 0 Å². The first kappa shape index (κ1) is 10.9. The lowest BCUT2D eigenvalue weighted by Crippen LogP contribution is -2.21. The van der Waals surface area contributed by atoms with E-state index in [4.69, 9.17) is 9.47 Å². The molecule has 0 radical (unpaired) electrons. The van der Waals surface area contributed by atoms with E-state index >= 15 is 0 Å². The van der Waals surface area contributed by atoms with Gasteiger partial charge in [-0.2, -0.15) is 0 Å². The second-order valence-electron chi connectivity index (χ2n) is 3.56. The Bertz CT molecular complexity index is 359. The molecule has 1 aliphatic rings. The molecule has 1 saturated heterocycles. The largest absolute Gasteiger partial charge is 0.447 e. The van der Waals surface area contributed by atoms with Gasteiger partial charge in [0.1, 0.15) is 12.3 Å². The van der Waals surface area contributed by atoms with E-state index in [-0.39, 0.29) is 18.5 Å². The Kier molecular flexibility index (Phi) is 3.35. The molecule has 0 aromatic carbocycles. The maximum atomic E-state index is 11.3. The molecule has 1 N–H and O–H groups in total. The number of hydrogen-bond donors (Lipinski definition) is 1. The van der Waals surface area contributed by atoms with Gasteiger partial charge in [-0.25, -0.2) is 9.42 Å². The Morgan fingerprint density at radius 3 is 3.12 bits per heavy atom. The normalized spacial score (nSPS) is 19.7. The maximum absolute atomic E-state index is 11.3. The second kappa shape index (κ2) is 4.93. The maximum Gasteiger partial charge on any atom is 0.413 e. The van der Waals surface area contributed by atoms with Crippen molar-refractivity contribution in [1.82, 2.24) is 10.3 Å². The highest BCUT2D eigenvalue weighted by molar-refractivity contribution is 5.83. The Balaban J connectivity index is 1.74. The molecule has 1 fully saturated rings. The molecule has 0 saturated carbocycles. The van der Waals surface area contributed by atoms with E-state index in [1.54, 1.807) is 6.92 Å². The van der Waals surface area contributed by atoms with Gasteiger partial charge >= 0.3 is 6.09 Å². The third-order valence-corrected chi connectivity index (χ3v) is 2.30. The first-order chi connectivity index (χ1) is 7.75. The van der Waals surface area contributed by atoms with Crippen molar-refractivity contribution in [2.24, 2.45) is 0 Å². The number of ether oxygens (including phenoxy) is 2. The molecule has 0 spiro atoms. The summed E-state index contributed by atoms with van der Waals surface area (Å²) in [6.45, 7) is 2.67. The molecular formula is C9H13N3O4. The first-order valence-electron chi connectivity index (χ1n) is 5.10. The molecule has 7 heteroatoms. The van der Waals surface area contributed by atoms with Crippen LogP contribution >= 0.6 is 0 Å². The van der Waals surface area contributed by atoms with Crippen molar-refractivity contribution in [2.45, 2.75) is 25.9 Å². The molecule has 1 aromatic rings. The lowest BCUT2D eigenvalue weighted by Gasteiger charge is -2.09. The highest BCUT2D eigenvalue weighted by Gasteiger charge is 2.18. The molecule has 2 heterocycles. The molecule has 2 rings (SSSR count). The van der Waals surface area contributed by atoms with Crippen LogP contribution in [-0.4, -0.2) is 35.7 Å². The first-order valence-corrected chi connectivity index (χ1v) is 5.10. The van der Waals surface area contributed by atoms with Crippen molar-refractivity contribution in [3.8, 4) is 0 Å². The predicted octanol–water partition coefficient (Wildman–Crippen LogP) is 1.11. The van der Waals surface area contributed by atoms with Crippen LogP contribution in [-0.2, 0) is 9.47 Å². The number of amides is 1. The zero-order chi connectivity index (χ0) is 11.4. The van der Waals surface area contributed by atoms with Crippen molar-refractivity contribution in [2.75, 3.05) is 18.5 Å². The van der Waals surface area contributed by atoms with Crippen LogP contribution in [0, 0.1) is 6.92 Å². The molecular weight excluding hydrogens is 214 g/mol. The smallest absolute Gasteiger partial charge is 0.413 e. The third-order valence-electron chi connectivity index (χ3n) is 2.30. The van der Waals surface area contributed by atoms with E-state index in [9.17, 15) is 4.79 Å². The number of hydrogen-bond acceptors (Lipinski definition) is 6. The van der Waals surface area contributed by atoms with Crippen molar-refractivity contribution < 1.29 is 18.9 Å². The number of rotatable bonds is 3. The van der Waals surface area contributed by atoms with Crippen LogP contribution in [0.2, 0.25) is 0 Å². The zero-order valence-corrected chi connectivity index (χ0v) is 8.93. The van der Waals surface area contributed by atoms with E-state index in [0.717, 1.165) is 19.4 Å². The SMILES string of the molecule is Cc1nonc1NC(=O)OCC1CCCO1. The Hall–Kier alpha value is -1.63. The van der Waals surface area contributed by atoms with Gasteiger partial charge in [0, 0.05) is 6.61 Å². The Labute approximate surface area is 92.1 Å². The van der Waals surface area contributed by atoms with Crippen LogP contribution in [0.3, 0.4) is 0 Å². The number of carbonyl (C=O) groups excluding carboxylic acids is 1. The van der Waals surface area contributed by atoms with Crippen molar-refractivity contribution in [1.29, 1.82) is 0 Å². The van der Waals surface area contributed by atoms with E-state index < -0.39 is 6.09 Å². The average molecular weight is 227 g/mol. The van der Waals surface area contributed by atoms with E-state index in [0.29, 0.717) is 5.69 Å². The summed E-state index contributed by atoms with van der Waals surface area (Å²) in [5.41, 5.74) is 0.508. The highest BCUT2D eigenvalue weighted by atomic mass is 16.6. The van der Waals surface area contributed by atoms with Crippen molar-refractivity contribution in [3.05, 3.63) is 5.69 Å². The summed E-state index contributed by atoms with van der Waals surface area (Å²) >= 11 is 0. The fourth-order valence-electron chi connectivity index (χ4n) is 1.42.